The van der Waals surface area contributed by atoms with Crippen LogP contribution in [0.15, 0.2) is 40.9 Å². The van der Waals surface area contributed by atoms with E-state index >= 15 is 0 Å². The van der Waals surface area contributed by atoms with Gasteiger partial charge in [0.15, 0.2) is 5.78 Å². The molecule has 0 amide bonds. The van der Waals surface area contributed by atoms with Crippen molar-refractivity contribution in [3.8, 4) is 0 Å². The van der Waals surface area contributed by atoms with E-state index < -0.39 is 28.8 Å². The molecule has 5 heteroatoms. The lowest BCUT2D eigenvalue weighted by molar-refractivity contribution is 0.103. The second kappa shape index (κ2) is 4.94. The van der Waals surface area contributed by atoms with Crippen LogP contribution >= 0.6 is 15.9 Å². The van der Waals surface area contributed by atoms with Crippen LogP contribution in [0.4, 0.5) is 13.2 Å². The van der Waals surface area contributed by atoms with Crippen LogP contribution in [0.3, 0.4) is 0 Å². The maximum absolute atomic E-state index is 13.6. The first-order valence-corrected chi connectivity index (χ1v) is 5.73. The number of carbonyl (C=O) groups excluding carboxylic acids is 1. The molecule has 2 aromatic carbocycles. The van der Waals surface area contributed by atoms with Gasteiger partial charge in [0.1, 0.15) is 17.5 Å². The van der Waals surface area contributed by atoms with Crippen molar-refractivity contribution in [1.29, 1.82) is 0 Å². The molecule has 0 heterocycles. The van der Waals surface area contributed by atoms with Gasteiger partial charge in [-0.2, -0.15) is 0 Å². The third kappa shape index (κ3) is 2.46. The van der Waals surface area contributed by atoms with E-state index in [4.69, 9.17) is 0 Å². The molecule has 0 saturated heterocycles. The first-order valence-electron chi connectivity index (χ1n) is 4.94. The molecule has 0 saturated carbocycles. The SMILES string of the molecule is O=C(c1ccc(F)cc1)c1c(F)cc(Br)cc1F. The number of hydrogen-bond acceptors (Lipinski definition) is 1. The molecule has 0 radical (unpaired) electrons. The Bertz CT molecular complexity index is 585. The van der Waals surface area contributed by atoms with Crippen LogP contribution in [-0.4, -0.2) is 5.78 Å². The quantitative estimate of drug-likeness (QED) is 0.763. The van der Waals surface area contributed by atoms with E-state index in [1.54, 1.807) is 0 Å². The number of benzene rings is 2. The van der Waals surface area contributed by atoms with Gasteiger partial charge in [0.25, 0.3) is 0 Å². The molecule has 0 aliphatic carbocycles. The molecule has 0 unspecified atom stereocenters. The van der Waals surface area contributed by atoms with Gasteiger partial charge in [0.05, 0.1) is 5.56 Å². The molecule has 0 atom stereocenters. The molecule has 18 heavy (non-hydrogen) atoms. The van der Waals surface area contributed by atoms with E-state index in [-0.39, 0.29) is 10.0 Å². The molecule has 0 spiro atoms. The molecule has 2 rings (SSSR count). The van der Waals surface area contributed by atoms with Crippen LogP contribution in [0.2, 0.25) is 0 Å². The zero-order chi connectivity index (χ0) is 13.3. The average Bonchev–Trinajstić information content (AvgIpc) is 2.28. The molecule has 2 aromatic rings. The van der Waals surface area contributed by atoms with Gasteiger partial charge < -0.3 is 0 Å². The van der Waals surface area contributed by atoms with Crippen LogP contribution in [-0.2, 0) is 0 Å². The van der Waals surface area contributed by atoms with Gasteiger partial charge in [-0.25, -0.2) is 13.2 Å². The highest BCUT2D eigenvalue weighted by atomic mass is 79.9. The second-order valence-electron chi connectivity index (χ2n) is 3.58. The lowest BCUT2D eigenvalue weighted by atomic mass is 10.0. The number of halogens is 4. The van der Waals surface area contributed by atoms with Crippen molar-refractivity contribution in [3.63, 3.8) is 0 Å². The molecule has 0 aromatic heterocycles. The van der Waals surface area contributed by atoms with Gasteiger partial charge in [-0.3, -0.25) is 4.79 Å². The summed E-state index contributed by atoms with van der Waals surface area (Å²) >= 11 is 2.92. The van der Waals surface area contributed by atoms with E-state index in [0.29, 0.717) is 0 Å². The fourth-order valence-corrected chi connectivity index (χ4v) is 1.91. The molecule has 0 N–H and O–H groups in total. The minimum Gasteiger partial charge on any atom is -0.288 e. The van der Waals surface area contributed by atoms with Gasteiger partial charge in [-0.15, -0.1) is 0 Å². The Labute approximate surface area is 109 Å². The highest BCUT2D eigenvalue weighted by Crippen LogP contribution is 2.22. The third-order valence-electron chi connectivity index (χ3n) is 2.34. The van der Waals surface area contributed by atoms with Gasteiger partial charge in [-0.1, -0.05) is 15.9 Å². The second-order valence-corrected chi connectivity index (χ2v) is 4.50. The van der Waals surface area contributed by atoms with E-state index in [9.17, 15) is 18.0 Å². The van der Waals surface area contributed by atoms with Gasteiger partial charge in [0.2, 0.25) is 0 Å². The predicted molar refractivity (Wildman–Crippen MR) is 63.9 cm³/mol. The van der Waals surface area contributed by atoms with Crippen LogP contribution < -0.4 is 0 Å². The normalized spacial score (nSPS) is 10.4. The Kier molecular flexibility index (Phi) is 3.52. The molecular formula is C13H6BrF3O. The van der Waals surface area contributed by atoms with Crippen molar-refractivity contribution in [2.75, 3.05) is 0 Å². The van der Waals surface area contributed by atoms with Gasteiger partial charge in [0, 0.05) is 10.0 Å². The van der Waals surface area contributed by atoms with Crippen molar-refractivity contribution < 1.29 is 18.0 Å². The summed E-state index contributed by atoms with van der Waals surface area (Å²) < 4.78 is 40.0. The minimum atomic E-state index is -0.962. The average molecular weight is 315 g/mol. The molecule has 0 aliphatic heterocycles. The maximum atomic E-state index is 13.6. The zero-order valence-electron chi connectivity index (χ0n) is 8.88. The third-order valence-corrected chi connectivity index (χ3v) is 2.80. The molecule has 0 aliphatic rings. The van der Waals surface area contributed by atoms with Crippen LogP contribution in [0.5, 0.6) is 0 Å². The number of ketones is 1. The summed E-state index contributed by atoms with van der Waals surface area (Å²) in [7, 11) is 0. The van der Waals surface area contributed by atoms with Gasteiger partial charge >= 0.3 is 0 Å². The Morgan fingerprint density at radius 1 is 0.944 bits per heavy atom. The Morgan fingerprint density at radius 3 is 1.94 bits per heavy atom. The summed E-state index contributed by atoms with van der Waals surface area (Å²) in [6, 6.07) is 6.47. The molecule has 1 nitrogen and oxygen atoms in total. The Morgan fingerprint density at radius 2 is 1.44 bits per heavy atom. The number of rotatable bonds is 2. The minimum absolute atomic E-state index is 0.0246. The van der Waals surface area contributed by atoms with Crippen molar-refractivity contribution in [2.45, 2.75) is 0 Å². The highest BCUT2D eigenvalue weighted by Gasteiger charge is 2.19. The summed E-state index contributed by atoms with van der Waals surface area (Å²) in [5, 5.41) is 0. The fourth-order valence-electron chi connectivity index (χ4n) is 1.50. The lowest BCUT2D eigenvalue weighted by Crippen LogP contribution is -2.07. The largest absolute Gasteiger partial charge is 0.288 e. The first kappa shape index (κ1) is 12.8. The first-order chi connectivity index (χ1) is 8.49. The summed E-state index contributed by atoms with van der Waals surface area (Å²) in [6.07, 6.45) is 0. The Balaban J connectivity index is 2.49. The maximum Gasteiger partial charge on any atom is 0.198 e. The van der Waals surface area contributed by atoms with Crippen molar-refractivity contribution >= 4 is 21.7 Å². The van der Waals surface area contributed by atoms with Crippen molar-refractivity contribution in [1.82, 2.24) is 0 Å². The van der Waals surface area contributed by atoms with Crippen LogP contribution in [0.1, 0.15) is 15.9 Å². The van der Waals surface area contributed by atoms with E-state index in [1.165, 1.54) is 12.1 Å². The van der Waals surface area contributed by atoms with Crippen molar-refractivity contribution in [3.05, 3.63) is 69.4 Å². The van der Waals surface area contributed by atoms with Crippen LogP contribution in [0, 0.1) is 17.5 Å². The highest BCUT2D eigenvalue weighted by molar-refractivity contribution is 9.10. The zero-order valence-corrected chi connectivity index (χ0v) is 10.5. The van der Waals surface area contributed by atoms with Crippen molar-refractivity contribution in [2.24, 2.45) is 0 Å². The van der Waals surface area contributed by atoms with Crippen LogP contribution in [0.25, 0.3) is 0 Å². The summed E-state index contributed by atoms with van der Waals surface area (Å²) in [6.45, 7) is 0. The molecule has 92 valence electrons. The summed E-state index contributed by atoms with van der Waals surface area (Å²) in [5.41, 5.74) is -0.624. The Hall–Kier alpha value is -1.62. The molecule has 0 bridgehead atoms. The summed E-state index contributed by atoms with van der Waals surface area (Å²) in [4.78, 5) is 11.9. The molecule has 0 fully saturated rings. The van der Waals surface area contributed by atoms with Gasteiger partial charge in [-0.05, 0) is 36.4 Å². The summed E-state index contributed by atoms with van der Waals surface area (Å²) in [5.74, 6) is -3.27. The van der Waals surface area contributed by atoms with E-state index in [1.807, 2.05) is 0 Å². The van der Waals surface area contributed by atoms with E-state index in [2.05, 4.69) is 15.9 Å². The predicted octanol–water partition coefficient (Wildman–Crippen LogP) is 4.10. The standard InChI is InChI=1S/C13H6BrF3O/c14-8-5-10(16)12(11(17)6-8)13(18)7-1-3-9(15)4-2-7/h1-6H. The smallest absolute Gasteiger partial charge is 0.198 e. The fraction of sp³-hybridized carbons (Fsp3) is 0. The molecular weight excluding hydrogens is 309 g/mol. The van der Waals surface area contributed by atoms with E-state index in [0.717, 1.165) is 24.3 Å². The number of carbonyl (C=O) groups is 1. The number of hydrogen-bond donors (Lipinski definition) is 0. The monoisotopic (exact) mass is 314 g/mol. The lowest BCUT2D eigenvalue weighted by Gasteiger charge is -2.05. The topological polar surface area (TPSA) is 17.1 Å².